The van der Waals surface area contributed by atoms with Crippen LogP contribution < -0.4 is 4.74 Å². The van der Waals surface area contributed by atoms with Crippen molar-refractivity contribution in [1.29, 1.82) is 0 Å². The molecule has 0 bridgehead atoms. The first kappa shape index (κ1) is 12.4. The largest absolute Gasteiger partial charge is 0.493 e. The molecule has 2 rings (SSSR count). The molecule has 0 aliphatic rings. The highest BCUT2D eigenvalue weighted by Gasteiger charge is 2.02. The molecule has 0 atom stereocenters. The molecule has 1 aromatic heterocycles. The summed E-state index contributed by atoms with van der Waals surface area (Å²) in [6.45, 7) is 2.13. The van der Waals surface area contributed by atoms with Crippen molar-refractivity contribution in [3.63, 3.8) is 0 Å². The molecule has 2 aromatic rings. The summed E-state index contributed by atoms with van der Waals surface area (Å²) in [4.78, 5) is 11.2. The lowest BCUT2D eigenvalue weighted by Gasteiger charge is -2.06. The lowest BCUT2D eigenvalue weighted by Crippen LogP contribution is -2.01. The molecular weight excluding hydrogens is 228 g/mol. The van der Waals surface area contributed by atoms with Gasteiger partial charge >= 0.3 is 0 Å². The Morgan fingerprint density at radius 3 is 2.94 bits per heavy atom. The van der Waals surface area contributed by atoms with Gasteiger partial charge in [-0.2, -0.15) is 5.10 Å². The number of nitrogens with zero attached hydrogens (tertiary/aromatic N) is 2. The van der Waals surface area contributed by atoms with Crippen LogP contribution in [0.5, 0.6) is 5.75 Å². The Balaban J connectivity index is 1.90. The Kier molecular flexibility index (Phi) is 3.77. The van der Waals surface area contributed by atoms with Crippen molar-refractivity contribution in [1.82, 2.24) is 9.78 Å². The first-order valence-corrected chi connectivity index (χ1v) is 5.86. The second kappa shape index (κ2) is 5.49. The molecule has 94 valence electrons. The molecule has 0 N–H and O–H groups in total. The summed E-state index contributed by atoms with van der Waals surface area (Å²) < 4.78 is 7.39. The Bertz CT molecular complexity index is 546. The van der Waals surface area contributed by atoms with Crippen molar-refractivity contribution in [3.8, 4) is 5.75 Å². The topological polar surface area (TPSA) is 44.1 Å². The molecule has 0 radical (unpaired) electrons. The van der Waals surface area contributed by atoms with Crippen molar-refractivity contribution in [3.05, 3.63) is 47.8 Å². The van der Waals surface area contributed by atoms with E-state index in [0.29, 0.717) is 12.2 Å². The van der Waals surface area contributed by atoms with Crippen molar-refractivity contribution < 1.29 is 9.53 Å². The Hall–Kier alpha value is -2.10. The molecular formula is C14H16N2O2. The number of carbonyl (C=O) groups excluding carboxylic acids is 1. The number of aromatic nitrogens is 2. The highest BCUT2D eigenvalue weighted by atomic mass is 16.5. The van der Waals surface area contributed by atoms with E-state index in [9.17, 15) is 4.79 Å². The van der Waals surface area contributed by atoms with E-state index in [-0.39, 0.29) is 5.78 Å². The molecule has 0 saturated heterocycles. The smallest absolute Gasteiger partial charge is 0.159 e. The number of ether oxygens (including phenoxy) is 1. The second-order valence-electron chi connectivity index (χ2n) is 4.20. The van der Waals surface area contributed by atoms with Gasteiger partial charge in [0.2, 0.25) is 0 Å². The van der Waals surface area contributed by atoms with Gasteiger partial charge in [0.05, 0.1) is 12.8 Å². The minimum atomic E-state index is 0.0488. The molecule has 0 aliphatic carbocycles. The van der Waals surface area contributed by atoms with Gasteiger partial charge in [-0.15, -0.1) is 0 Å². The molecule has 0 fully saturated rings. The lowest BCUT2D eigenvalue weighted by molar-refractivity contribution is 0.101. The summed E-state index contributed by atoms with van der Waals surface area (Å²) in [6.07, 6.45) is 4.60. The third-order valence-corrected chi connectivity index (χ3v) is 2.66. The van der Waals surface area contributed by atoms with Gasteiger partial charge in [0.25, 0.3) is 0 Å². The van der Waals surface area contributed by atoms with E-state index < -0.39 is 0 Å². The van der Waals surface area contributed by atoms with Crippen molar-refractivity contribution in [2.24, 2.45) is 7.05 Å². The fourth-order valence-electron chi connectivity index (χ4n) is 1.69. The van der Waals surface area contributed by atoms with Crippen LogP contribution in [0, 0.1) is 0 Å². The molecule has 18 heavy (non-hydrogen) atoms. The van der Waals surface area contributed by atoms with Gasteiger partial charge in [-0.05, 0) is 24.6 Å². The van der Waals surface area contributed by atoms with Crippen molar-refractivity contribution in [2.75, 3.05) is 6.61 Å². The highest BCUT2D eigenvalue weighted by molar-refractivity contribution is 5.94. The average Bonchev–Trinajstić information content (AvgIpc) is 2.75. The van der Waals surface area contributed by atoms with Crippen LogP contribution in [0.2, 0.25) is 0 Å². The Morgan fingerprint density at radius 1 is 1.44 bits per heavy atom. The maximum Gasteiger partial charge on any atom is 0.159 e. The minimum absolute atomic E-state index is 0.0488. The number of ketones is 1. The van der Waals surface area contributed by atoms with Gasteiger partial charge in [-0.25, -0.2) is 0 Å². The van der Waals surface area contributed by atoms with E-state index in [4.69, 9.17) is 4.74 Å². The number of benzene rings is 1. The minimum Gasteiger partial charge on any atom is -0.493 e. The van der Waals surface area contributed by atoms with E-state index in [2.05, 4.69) is 5.10 Å². The zero-order valence-electron chi connectivity index (χ0n) is 10.6. The number of rotatable bonds is 5. The average molecular weight is 244 g/mol. The van der Waals surface area contributed by atoms with Gasteiger partial charge < -0.3 is 4.74 Å². The second-order valence-corrected chi connectivity index (χ2v) is 4.20. The fourth-order valence-corrected chi connectivity index (χ4v) is 1.69. The number of Topliss-reactive ketones (excluding diaryl/α,β-unsaturated/α-hetero) is 1. The first-order chi connectivity index (χ1) is 8.65. The number of carbonyl (C=O) groups is 1. The van der Waals surface area contributed by atoms with Crippen LogP contribution in [0.3, 0.4) is 0 Å². The molecule has 4 heteroatoms. The van der Waals surface area contributed by atoms with Crippen LogP contribution in [0.15, 0.2) is 36.7 Å². The van der Waals surface area contributed by atoms with Crippen LogP contribution in [0.25, 0.3) is 0 Å². The molecule has 0 saturated carbocycles. The normalized spacial score (nSPS) is 10.3. The lowest BCUT2D eigenvalue weighted by atomic mass is 10.1. The van der Waals surface area contributed by atoms with E-state index in [1.54, 1.807) is 23.7 Å². The maximum atomic E-state index is 11.2. The fraction of sp³-hybridized carbons (Fsp3) is 0.286. The predicted octanol–water partition coefficient (Wildman–Crippen LogP) is 2.24. The van der Waals surface area contributed by atoms with Crippen LogP contribution in [-0.2, 0) is 13.5 Å². The van der Waals surface area contributed by atoms with Gasteiger partial charge in [0.1, 0.15) is 5.75 Å². The van der Waals surface area contributed by atoms with Crippen LogP contribution in [-0.4, -0.2) is 22.2 Å². The van der Waals surface area contributed by atoms with E-state index >= 15 is 0 Å². The van der Waals surface area contributed by atoms with Gasteiger partial charge in [0.15, 0.2) is 5.78 Å². The van der Waals surface area contributed by atoms with Gasteiger partial charge in [-0.1, -0.05) is 12.1 Å². The predicted molar refractivity (Wildman–Crippen MR) is 68.9 cm³/mol. The third kappa shape index (κ3) is 3.20. The Morgan fingerprint density at radius 2 is 2.28 bits per heavy atom. The van der Waals surface area contributed by atoms with Crippen LogP contribution in [0.4, 0.5) is 0 Å². The first-order valence-electron chi connectivity index (χ1n) is 5.86. The summed E-state index contributed by atoms with van der Waals surface area (Å²) in [5, 5.41) is 4.10. The summed E-state index contributed by atoms with van der Waals surface area (Å²) in [6, 6.07) is 7.24. The Labute approximate surface area is 106 Å². The zero-order valence-corrected chi connectivity index (χ0v) is 10.6. The van der Waals surface area contributed by atoms with Gasteiger partial charge in [0, 0.05) is 25.2 Å². The van der Waals surface area contributed by atoms with E-state index in [1.807, 2.05) is 31.6 Å². The van der Waals surface area contributed by atoms with E-state index in [0.717, 1.165) is 17.7 Å². The third-order valence-electron chi connectivity index (χ3n) is 2.66. The van der Waals surface area contributed by atoms with Gasteiger partial charge in [-0.3, -0.25) is 9.48 Å². The standard InChI is InChI=1S/C14H16N2O2/c1-11(17)13-4-3-5-14(8-13)18-7-6-12-9-15-16(2)10-12/h3-5,8-10H,6-7H2,1-2H3. The monoisotopic (exact) mass is 244 g/mol. The quantitative estimate of drug-likeness (QED) is 0.758. The number of hydrogen-bond acceptors (Lipinski definition) is 3. The summed E-state index contributed by atoms with van der Waals surface area (Å²) in [5.41, 5.74) is 1.81. The molecule has 0 unspecified atom stereocenters. The summed E-state index contributed by atoms with van der Waals surface area (Å²) >= 11 is 0. The molecule has 0 aliphatic heterocycles. The highest BCUT2D eigenvalue weighted by Crippen LogP contribution is 2.14. The van der Waals surface area contributed by atoms with Crippen LogP contribution >= 0.6 is 0 Å². The van der Waals surface area contributed by atoms with Crippen molar-refractivity contribution in [2.45, 2.75) is 13.3 Å². The zero-order chi connectivity index (χ0) is 13.0. The summed E-state index contributed by atoms with van der Waals surface area (Å²) in [7, 11) is 1.89. The summed E-state index contributed by atoms with van der Waals surface area (Å²) in [5.74, 6) is 0.777. The molecule has 0 amide bonds. The number of hydrogen-bond donors (Lipinski definition) is 0. The molecule has 4 nitrogen and oxygen atoms in total. The molecule has 1 aromatic carbocycles. The van der Waals surface area contributed by atoms with E-state index in [1.165, 1.54) is 0 Å². The number of aryl methyl sites for hydroxylation is 1. The SMILES string of the molecule is CC(=O)c1cccc(OCCc2cnn(C)c2)c1. The maximum absolute atomic E-state index is 11.2. The van der Waals surface area contributed by atoms with Crippen molar-refractivity contribution >= 4 is 5.78 Å². The molecule has 0 spiro atoms. The van der Waals surface area contributed by atoms with Crippen LogP contribution in [0.1, 0.15) is 22.8 Å². The molecule has 1 heterocycles.